The number of nitrogens with one attached hydrogen (secondary N) is 1. The number of hydrogen-bond acceptors (Lipinski definition) is 4. The van der Waals surface area contributed by atoms with Gasteiger partial charge in [0.05, 0.1) is 13.5 Å². The van der Waals surface area contributed by atoms with Gasteiger partial charge in [-0.05, 0) is 24.1 Å². The smallest absolute Gasteiger partial charge is 0.307 e. The molecule has 0 radical (unpaired) electrons. The first-order chi connectivity index (χ1) is 10.8. The molecule has 0 unspecified atom stereocenters. The summed E-state index contributed by atoms with van der Waals surface area (Å²) in [5.74, 6) is -0.442. The fraction of sp³-hybridized carbons (Fsp3) is 0.471. The highest BCUT2D eigenvalue weighted by atomic mass is 16.5. The molecule has 1 aromatic rings. The number of ether oxygens (including phenoxy) is 1. The molecule has 0 bridgehead atoms. The molecule has 1 rings (SSSR count). The minimum Gasteiger partial charge on any atom is -0.469 e. The van der Waals surface area contributed by atoms with E-state index in [1.165, 1.54) is 14.0 Å². The van der Waals surface area contributed by atoms with Gasteiger partial charge in [0, 0.05) is 31.3 Å². The number of benzene rings is 1. The maximum absolute atomic E-state index is 12.7. The highest BCUT2D eigenvalue weighted by molar-refractivity contribution is 5.97. The van der Waals surface area contributed by atoms with Crippen LogP contribution in [0.15, 0.2) is 24.3 Å². The van der Waals surface area contributed by atoms with Crippen LogP contribution < -0.4 is 5.32 Å². The van der Waals surface area contributed by atoms with E-state index in [1.807, 2.05) is 13.8 Å². The van der Waals surface area contributed by atoms with Gasteiger partial charge >= 0.3 is 5.97 Å². The van der Waals surface area contributed by atoms with Crippen molar-refractivity contribution in [1.29, 1.82) is 0 Å². The van der Waals surface area contributed by atoms with Gasteiger partial charge in [-0.3, -0.25) is 14.4 Å². The Morgan fingerprint density at radius 1 is 1.26 bits per heavy atom. The Labute approximate surface area is 136 Å². The molecule has 0 fully saturated rings. The van der Waals surface area contributed by atoms with Crippen molar-refractivity contribution in [2.24, 2.45) is 5.92 Å². The molecule has 23 heavy (non-hydrogen) atoms. The summed E-state index contributed by atoms with van der Waals surface area (Å²) in [5, 5.41) is 2.66. The Morgan fingerprint density at radius 3 is 2.52 bits per heavy atom. The first-order valence-electron chi connectivity index (χ1n) is 7.57. The van der Waals surface area contributed by atoms with Gasteiger partial charge in [0.2, 0.25) is 5.91 Å². The second kappa shape index (κ2) is 8.92. The highest BCUT2D eigenvalue weighted by Gasteiger charge is 2.18. The van der Waals surface area contributed by atoms with Crippen LogP contribution in [0, 0.1) is 5.92 Å². The summed E-state index contributed by atoms with van der Waals surface area (Å²) >= 11 is 0. The summed E-state index contributed by atoms with van der Waals surface area (Å²) in [6.07, 6.45) is 0.153. The first-order valence-corrected chi connectivity index (χ1v) is 7.57. The monoisotopic (exact) mass is 320 g/mol. The van der Waals surface area contributed by atoms with Crippen LogP contribution >= 0.6 is 0 Å². The summed E-state index contributed by atoms with van der Waals surface area (Å²) in [6, 6.07) is 6.76. The highest BCUT2D eigenvalue weighted by Crippen LogP contribution is 2.14. The van der Waals surface area contributed by atoms with Crippen molar-refractivity contribution in [2.45, 2.75) is 27.2 Å². The molecule has 0 aliphatic carbocycles. The Hall–Kier alpha value is -2.37. The molecule has 0 aliphatic rings. The van der Waals surface area contributed by atoms with E-state index in [4.69, 9.17) is 0 Å². The number of esters is 1. The minimum absolute atomic E-state index is 0.153. The molecular formula is C17H24N2O4. The van der Waals surface area contributed by atoms with E-state index < -0.39 is 0 Å². The van der Waals surface area contributed by atoms with Gasteiger partial charge in [-0.2, -0.15) is 0 Å². The zero-order chi connectivity index (χ0) is 17.4. The fourth-order valence-corrected chi connectivity index (χ4v) is 2.16. The number of hydrogen-bond donors (Lipinski definition) is 1. The van der Waals surface area contributed by atoms with Crippen LogP contribution in [0.25, 0.3) is 0 Å². The van der Waals surface area contributed by atoms with Gasteiger partial charge in [-0.1, -0.05) is 19.9 Å². The summed E-state index contributed by atoms with van der Waals surface area (Å²) in [4.78, 5) is 36.8. The molecule has 0 saturated carbocycles. The van der Waals surface area contributed by atoms with Crippen LogP contribution in [-0.4, -0.2) is 42.9 Å². The van der Waals surface area contributed by atoms with Gasteiger partial charge in [-0.15, -0.1) is 0 Å². The molecule has 0 heterocycles. The van der Waals surface area contributed by atoms with Gasteiger partial charge < -0.3 is 15.0 Å². The third-order valence-electron chi connectivity index (χ3n) is 3.12. The zero-order valence-corrected chi connectivity index (χ0v) is 14.1. The first kappa shape index (κ1) is 18.7. The third-order valence-corrected chi connectivity index (χ3v) is 3.12. The molecule has 6 heteroatoms. The van der Waals surface area contributed by atoms with Crippen molar-refractivity contribution in [3.63, 3.8) is 0 Å². The van der Waals surface area contributed by atoms with Gasteiger partial charge in [0.15, 0.2) is 0 Å². The lowest BCUT2D eigenvalue weighted by molar-refractivity contribution is -0.140. The van der Waals surface area contributed by atoms with Crippen LogP contribution in [-0.2, 0) is 14.3 Å². The van der Waals surface area contributed by atoms with Crippen LogP contribution in [0.5, 0.6) is 0 Å². The summed E-state index contributed by atoms with van der Waals surface area (Å²) < 4.78 is 4.63. The standard InChI is InChI=1S/C17H24N2O4/c1-12(2)11-19(9-8-16(21)23-4)17(22)14-6-5-7-15(10-14)18-13(3)20/h5-7,10,12H,8-9,11H2,1-4H3,(H,18,20). The number of carbonyl (C=O) groups excluding carboxylic acids is 3. The molecule has 126 valence electrons. The second-order valence-corrected chi connectivity index (χ2v) is 5.73. The van der Waals surface area contributed by atoms with E-state index in [1.54, 1.807) is 29.2 Å². The van der Waals surface area contributed by atoms with Crippen molar-refractivity contribution in [1.82, 2.24) is 4.90 Å². The van der Waals surface area contributed by atoms with Gasteiger partial charge in [-0.25, -0.2) is 0 Å². The Morgan fingerprint density at radius 2 is 1.96 bits per heavy atom. The second-order valence-electron chi connectivity index (χ2n) is 5.73. The SMILES string of the molecule is COC(=O)CCN(CC(C)C)C(=O)c1cccc(NC(C)=O)c1. The largest absolute Gasteiger partial charge is 0.469 e. The average molecular weight is 320 g/mol. The van der Waals surface area contributed by atoms with E-state index in [2.05, 4.69) is 10.1 Å². The number of carbonyl (C=O) groups is 3. The van der Waals surface area contributed by atoms with Crippen LogP contribution in [0.3, 0.4) is 0 Å². The molecular weight excluding hydrogens is 296 g/mol. The number of amides is 2. The van der Waals surface area contributed by atoms with Crippen LogP contribution in [0.4, 0.5) is 5.69 Å². The van der Waals surface area contributed by atoms with Gasteiger partial charge in [0.1, 0.15) is 0 Å². The Balaban J connectivity index is 2.90. The predicted molar refractivity (Wildman–Crippen MR) is 88.1 cm³/mol. The third kappa shape index (κ3) is 6.50. The van der Waals surface area contributed by atoms with E-state index in [0.717, 1.165) is 0 Å². The van der Waals surface area contributed by atoms with Crippen molar-refractivity contribution < 1.29 is 19.1 Å². The topological polar surface area (TPSA) is 75.7 Å². The van der Waals surface area contributed by atoms with E-state index in [-0.39, 0.29) is 30.1 Å². The van der Waals surface area contributed by atoms with E-state index >= 15 is 0 Å². The lowest BCUT2D eigenvalue weighted by atomic mass is 10.1. The molecule has 0 aromatic heterocycles. The number of nitrogens with zero attached hydrogens (tertiary/aromatic N) is 1. The van der Waals surface area contributed by atoms with E-state index in [0.29, 0.717) is 24.3 Å². The summed E-state index contributed by atoms with van der Waals surface area (Å²) in [7, 11) is 1.33. The normalized spacial score (nSPS) is 10.3. The fourth-order valence-electron chi connectivity index (χ4n) is 2.16. The number of rotatable bonds is 7. The Kier molecular flexibility index (Phi) is 7.25. The number of anilines is 1. The Bertz CT molecular complexity index is 569. The maximum atomic E-state index is 12.7. The molecule has 2 amide bonds. The molecule has 1 N–H and O–H groups in total. The predicted octanol–water partition coefficient (Wildman–Crippen LogP) is 2.31. The van der Waals surface area contributed by atoms with Crippen molar-refractivity contribution in [2.75, 3.05) is 25.5 Å². The molecule has 1 aromatic carbocycles. The average Bonchev–Trinajstić information content (AvgIpc) is 2.49. The van der Waals surface area contributed by atoms with Crippen molar-refractivity contribution in [3.05, 3.63) is 29.8 Å². The van der Waals surface area contributed by atoms with E-state index in [9.17, 15) is 14.4 Å². The molecule has 0 saturated heterocycles. The molecule has 0 aliphatic heterocycles. The summed E-state index contributed by atoms with van der Waals surface area (Å²) in [5.41, 5.74) is 1.04. The molecule has 6 nitrogen and oxygen atoms in total. The minimum atomic E-state index is -0.349. The van der Waals surface area contributed by atoms with Crippen molar-refractivity contribution in [3.8, 4) is 0 Å². The zero-order valence-electron chi connectivity index (χ0n) is 14.1. The maximum Gasteiger partial charge on any atom is 0.307 e. The summed E-state index contributed by atoms with van der Waals surface area (Å²) in [6.45, 7) is 6.27. The van der Waals surface area contributed by atoms with Gasteiger partial charge in [0.25, 0.3) is 5.91 Å². The lowest BCUT2D eigenvalue weighted by Gasteiger charge is -2.24. The van der Waals surface area contributed by atoms with Crippen molar-refractivity contribution >= 4 is 23.5 Å². The molecule has 0 spiro atoms. The molecule has 0 atom stereocenters. The lowest BCUT2D eigenvalue weighted by Crippen LogP contribution is -2.36. The van der Waals surface area contributed by atoms with Crippen LogP contribution in [0.2, 0.25) is 0 Å². The number of methoxy groups -OCH3 is 1. The van der Waals surface area contributed by atoms with Crippen LogP contribution in [0.1, 0.15) is 37.6 Å². The quantitative estimate of drug-likeness (QED) is 0.782.